The van der Waals surface area contributed by atoms with Gasteiger partial charge in [-0.05, 0) is 55.9 Å². The quantitative estimate of drug-likeness (QED) is 0.723. The van der Waals surface area contributed by atoms with E-state index in [2.05, 4.69) is 4.98 Å². The van der Waals surface area contributed by atoms with Gasteiger partial charge < -0.3 is 0 Å². The first-order valence-corrected chi connectivity index (χ1v) is 8.44. The number of halogens is 1. The van der Waals surface area contributed by atoms with Crippen LogP contribution in [0.3, 0.4) is 0 Å². The predicted molar refractivity (Wildman–Crippen MR) is 78.1 cm³/mol. The summed E-state index contributed by atoms with van der Waals surface area (Å²) in [5, 5.41) is 1.87. The van der Waals surface area contributed by atoms with Crippen molar-refractivity contribution in [3.63, 3.8) is 0 Å². The lowest BCUT2D eigenvalue weighted by Gasteiger charge is -2.10. The van der Waals surface area contributed by atoms with Gasteiger partial charge in [0.05, 0.1) is 5.39 Å². The highest BCUT2D eigenvalue weighted by Crippen LogP contribution is 2.74. The molecule has 4 heteroatoms. The Kier molecular flexibility index (Phi) is 2.03. The van der Waals surface area contributed by atoms with E-state index in [-0.39, 0.29) is 0 Å². The van der Waals surface area contributed by atoms with Crippen molar-refractivity contribution in [1.82, 2.24) is 9.97 Å². The van der Waals surface area contributed by atoms with E-state index in [1.54, 1.807) is 0 Å². The van der Waals surface area contributed by atoms with E-state index in [0.717, 1.165) is 22.5 Å². The molecule has 2 heterocycles. The van der Waals surface area contributed by atoms with Gasteiger partial charge >= 0.3 is 0 Å². The van der Waals surface area contributed by atoms with E-state index in [4.69, 9.17) is 16.6 Å². The molecule has 2 fully saturated rings. The van der Waals surface area contributed by atoms with Gasteiger partial charge in [-0.25, -0.2) is 9.97 Å². The smallest absolute Gasteiger partial charge is 0.141 e. The van der Waals surface area contributed by atoms with E-state index >= 15 is 0 Å². The Morgan fingerprint density at radius 3 is 2.79 bits per heavy atom. The van der Waals surface area contributed by atoms with E-state index in [1.165, 1.54) is 49.0 Å². The molecule has 0 amide bonds. The maximum absolute atomic E-state index is 6.48. The summed E-state index contributed by atoms with van der Waals surface area (Å²) in [6.07, 6.45) is 8.99. The molecule has 2 aromatic heterocycles. The van der Waals surface area contributed by atoms with E-state index in [0.29, 0.717) is 16.5 Å². The molecule has 0 radical (unpaired) electrons. The maximum atomic E-state index is 6.48. The van der Waals surface area contributed by atoms with Crippen molar-refractivity contribution in [2.45, 2.75) is 50.9 Å². The lowest BCUT2D eigenvalue weighted by Crippen LogP contribution is -1.99. The van der Waals surface area contributed by atoms with Crippen LogP contribution in [0.4, 0.5) is 0 Å². The summed E-state index contributed by atoms with van der Waals surface area (Å²) in [5.41, 5.74) is 2.05. The van der Waals surface area contributed by atoms with Crippen LogP contribution in [-0.4, -0.2) is 9.97 Å². The van der Waals surface area contributed by atoms with Crippen LogP contribution in [-0.2, 0) is 12.8 Å². The summed E-state index contributed by atoms with van der Waals surface area (Å²) in [4.78, 5) is 12.2. The number of hydrogen-bond acceptors (Lipinski definition) is 3. The van der Waals surface area contributed by atoms with Crippen LogP contribution in [0.1, 0.15) is 54.3 Å². The summed E-state index contributed by atoms with van der Waals surface area (Å²) >= 11 is 8.34. The standard InChI is InChI=1S/C15H15ClN2S/c16-12-11-8-3-1-2-4-10(8)19-14(11)18-13(17-12)9-7-15(9)5-6-15/h9H,1-7H2. The average Bonchev–Trinajstić information content (AvgIpc) is 3.30. The number of aryl methyl sites for hydroxylation is 2. The van der Waals surface area contributed by atoms with Crippen LogP contribution in [0.2, 0.25) is 5.15 Å². The van der Waals surface area contributed by atoms with Crippen molar-refractivity contribution in [3.8, 4) is 0 Å². The summed E-state index contributed by atoms with van der Waals surface area (Å²) in [6.45, 7) is 0. The third kappa shape index (κ3) is 1.49. The van der Waals surface area contributed by atoms with Gasteiger partial charge in [-0.1, -0.05) is 11.6 Å². The molecule has 2 aromatic rings. The Hall–Kier alpha value is -0.670. The highest BCUT2D eigenvalue weighted by molar-refractivity contribution is 7.19. The topological polar surface area (TPSA) is 25.8 Å². The molecule has 2 nitrogen and oxygen atoms in total. The van der Waals surface area contributed by atoms with Crippen LogP contribution >= 0.6 is 22.9 Å². The van der Waals surface area contributed by atoms with Crippen LogP contribution in [0.5, 0.6) is 0 Å². The summed E-state index contributed by atoms with van der Waals surface area (Å²) in [7, 11) is 0. The second-order valence-corrected chi connectivity index (χ2v) is 7.82. The number of fused-ring (bicyclic) bond motifs is 3. The van der Waals surface area contributed by atoms with Crippen molar-refractivity contribution in [1.29, 1.82) is 0 Å². The fourth-order valence-corrected chi connectivity index (χ4v) is 5.32. The van der Waals surface area contributed by atoms with Crippen molar-refractivity contribution in [2.24, 2.45) is 5.41 Å². The lowest BCUT2D eigenvalue weighted by atomic mass is 9.97. The molecule has 0 aliphatic heterocycles. The Bertz CT molecular complexity index is 702. The monoisotopic (exact) mass is 290 g/mol. The van der Waals surface area contributed by atoms with Crippen molar-refractivity contribution in [3.05, 3.63) is 21.4 Å². The fourth-order valence-electron chi connectivity index (χ4n) is 3.71. The summed E-state index contributed by atoms with van der Waals surface area (Å²) in [6, 6.07) is 0. The summed E-state index contributed by atoms with van der Waals surface area (Å²) in [5.74, 6) is 1.63. The van der Waals surface area contributed by atoms with Crippen LogP contribution in [0.15, 0.2) is 0 Å². The van der Waals surface area contributed by atoms with Crippen LogP contribution in [0, 0.1) is 5.41 Å². The molecule has 0 N–H and O–H groups in total. The Balaban J connectivity index is 1.69. The normalized spacial score (nSPS) is 26.7. The van der Waals surface area contributed by atoms with Crippen LogP contribution in [0.25, 0.3) is 10.2 Å². The Morgan fingerprint density at radius 1 is 1.16 bits per heavy atom. The number of nitrogens with zero attached hydrogens (tertiary/aromatic N) is 2. The molecule has 1 unspecified atom stereocenters. The molecule has 98 valence electrons. The molecule has 3 aliphatic carbocycles. The maximum Gasteiger partial charge on any atom is 0.141 e. The molecule has 0 bridgehead atoms. The minimum absolute atomic E-state index is 0.605. The van der Waals surface area contributed by atoms with E-state index < -0.39 is 0 Å². The zero-order valence-corrected chi connectivity index (χ0v) is 12.3. The highest BCUT2D eigenvalue weighted by Gasteiger charge is 2.64. The van der Waals surface area contributed by atoms with Crippen molar-refractivity contribution >= 4 is 33.2 Å². The minimum atomic E-state index is 0.605. The van der Waals surface area contributed by atoms with Crippen molar-refractivity contribution < 1.29 is 0 Å². The average molecular weight is 291 g/mol. The van der Waals surface area contributed by atoms with Gasteiger partial charge in [0, 0.05) is 10.8 Å². The fraction of sp³-hybridized carbons (Fsp3) is 0.600. The molecule has 19 heavy (non-hydrogen) atoms. The first kappa shape index (κ1) is 11.0. The largest absolute Gasteiger partial charge is 0.222 e. The van der Waals surface area contributed by atoms with Crippen LogP contribution < -0.4 is 0 Å². The zero-order chi connectivity index (χ0) is 12.6. The molecular weight excluding hydrogens is 276 g/mol. The van der Waals surface area contributed by atoms with E-state index in [1.807, 2.05) is 11.3 Å². The number of hydrogen-bond donors (Lipinski definition) is 0. The minimum Gasteiger partial charge on any atom is -0.222 e. The second-order valence-electron chi connectivity index (χ2n) is 6.38. The van der Waals surface area contributed by atoms with Gasteiger partial charge in [0.1, 0.15) is 15.8 Å². The Morgan fingerprint density at radius 2 is 2.00 bits per heavy atom. The molecule has 5 rings (SSSR count). The Labute approximate surface area is 121 Å². The first-order valence-electron chi connectivity index (χ1n) is 7.25. The molecule has 3 aliphatic rings. The van der Waals surface area contributed by atoms with Gasteiger partial charge in [-0.2, -0.15) is 0 Å². The first-order chi connectivity index (χ1) is 9.27. The third-order valence-electron chi connectivity index (χ3n) is 5.18. The number of rotatable bonds is 1. The lowest BCUT2D eigenvalue weighted by molar-refractivity contribution is 0.700. The van der Waals surface area contributed by atoms with Gasteiger partial charge in [-0.15, -0.1) is 11.3 Å². The van der Waals surface area contributed by atoms with Gasteiger partial charge in [0.15, 0.2) is 0 Å². The van der Waals surface area contributed by atoms with Gasteiger partial charge in [0.25, 0.3) is 0 Å². The van der Waals surface area contributed by atoms with E-state index in [9.17, 15) is 0 Å². The zero-order valence-electron chi connectivity index (χ0n) is 10.7. The second kappa shape index (κ2) is 3.50. The molecule has 1 spiro atoms. The molecule has 0 aromatic carbocycles. The molecule has 1 atom stereocenters. The number of thiophene rings is 1. The van der Waals surface area contributed by atoms with Gasteiger partial charge in [-0.3, -0.25) is 0 Å². The SMILES string of the molecule is Clc1nc(C2CC23CC3)nc2sc3c(c12)CCCC3. The number of aromatic nitrogens is 2. The van der Waals surface area contributed by atoms with Gasteiger partial charge in [0.2, 0.25) is 0 Å². The predicted octanol–water partition coefficient (Wildman–Crippen LogP) is 4.49. The van der Waals surface area contributed by atoms with Crippen molar-refractivity contribution in [2.75, 3.05) is 0 Å². The third-order valence-corrected chi connectivity index (χ3v) is 6.64. The molecular formula is C15H15ClN2S. The highest BCUT2D eigenvalue weighted by atomic mass is 35.5. The molecule has 2 saturated carbocycles. The summed E-state index contributed by atoms with van der Waals surface area (Å²) < 4.78 is 0. The molecule has 0 saturated heterocycles.